The van der Waals surface area contributed by atoms with Gasteiger partial charge in [-0.3, -0.25) is 9.48 Å². The molecule has 0 radical (unpaired) electrons. The molecular formula is C13H13F2N5O2. The van der Waals surface area contributed by atoms with Gasteiger partial charge in [-0.15, -0.1) is 0 Å². The van der Waals surface area contributed by atoms with E-state index >= 15 is 0 Å². The zero-order valence-electron chi connectivity index (χ0n) is 11.6. The number of carbonyl (C=O) groups is 1. The van der Waals surface area contributed by atoms with Gasteiger partial charge in [-0.25, -0.2) is 8.78 Å². The van der Waals surface area contributed by atoms with Crippen molar-refractivity contribution in [1.82, 2.24) is 9.78 Å². The molecule has 1 amide bonds. The van der Waals surface area contributed by atoms with Gasteiger partial charge in [0.15, 0.2) is 24.1 Å². The van der Waals surface area contributed by atoms with Crippen LogP contribution in [0.3, 0.4) is 0 Å². The summed E-state index contributed by atoms with van der Waals surface area (Å²) in [6, 6.07) is 2.99. The molecule has 0 fully saturated rings. The molecule has 9 heteroatoms. The molecule has 0 aliphatic heterocycles. The summed E-state index contributed by atoms with van der Waals surface area (Å²) in [4.78, 5) is 16.3. The summed E-state index contributed by atoms with van der Waals surface area (Å²) in [5.74, 6) is -2.58. The van der Waals surface area contributed by atoms with Crippen LogP contribution in [0.25, 0.3) is 0 Å². The predicted molar refractivity (Wildman–Crippen MR) is 74.9 cm³/mol. The van der Waals surface area contributed by atoms with Crippen LogP contribution in [0.2, 0.25) is 0 Å². The Balaban J connectivity index is 1.86. The Hall–Kier alpha value is -2.97. The second-order valence-corrected chi connectivity index (χ2v) is 4.33. The molecule has 0 atom stereocenters. The van der Waals surface area contributed by atoms with Crippen LogP contribution < -0.4 is 11.1 Å². The number of nitrogens with zero attached hydrogens (tertiary/aromatic N) is 3. The first-order valence-electron chi connectivity index (χ1n) is 6.15. The van der Waals surface area contributed by atoms with Gasteiger partial charge in [-0.1, -0.05) is 5.16 Å². The Morgan fingerprint density at radius 3 is 2.86 bits per heavy atom. The van der Waals surface area contributed by atoms with E-state index in [9.17, 15) is 13.6 Å². The number of rotatable bonds is 5. The van der Waals surface area contributed by atoms with Crippen LogP contribution in [0.15, 0.2) is 35.7 Å². The number of hydrogen-bond donors (Lipinski definition) is 2. The predicted octanol–water partition coefficient (Wildman–Crippen LogP) is 0.974. The van der Waals surface area contributed by atoms with Crippen LogP contribution in [0.5, 0.6) is 0 Å². The SMILES string of the molecule is Cn1cc(/C(N)=N/OCC(=O)Nc2ccc(F)c(F)c2)cn1. The minimum absolute atomic E-state index is 0.0636. The third-order valence-corrected chi connectivity index (χ3v) is 2.56. The van der Waals surface area contributed by atoms with Gasteiger partial charge >= 0.3 is 0 Å². The number of aromatic nitrogens is 2. The molecule has 0 saturated heterocycles. The summed E-state index contributed by atoms with van der Waals surface area (Å²) in [6.45, 7) is -0.431. The second kappa shape index (κ2) is 6.66. The molecule has 2 rings (SSSR count). The summed E-state index contributed by atoms with van der Waals surface area (Å²) in [5, 5.41) is 9.80. The van der Waals surface area contributed by atoms with Gasteiger partial charge in [0.05, 0.1) is 11.8 Å². The van der Waals surface area contributed by atoms with Crippen LogP contribution in [0.1, 0.15) is 5.56 Å². The molecule has 3 N–H and O–H groups in total. The maximum Gasteiger partial charge on any atom is 0.265 e. The standard InChI is InChI=1S/C13H13F2N5O2/c1-20-6-8(5-17-20)13(16)19-22-7-12(21)18-9-2-3-10(14)11(15)4-9/h2-6H,7H2,1H3,(H2,16,19)(H,18,21). The third-order valence-electron chi connectivity index (χ3n) is 2.56. The summed E-state index contributed by atoms with van der Waals surface area (Å²) >= 11 is 0. The van der Waals surface area contributed by atoms with Crippen molar-refractivity contribution in [3.05, 3.63) is 47.8 Å². The Labute approximate surface area is 124 Å². The fourth-order valence-corrected chi connectivity index (χ4v) is 1.54. The molecule has 0 aliphatic rings. The lowest BCUT2D eigenvalue weighted by atomic mass is 10.3. The normalized spacial score (nSPS) is 11.3. The molecule has 0 unspecified atom stereocenters. The van der Waals surface area contributed by atoms with Gasteiger partial charge in [-0.2, -0.15) is 5.10 Å². The highest BCUT2D eigenvalue weighted by Gasteiger charge is 2.07. The van der Waals surface area contributed by atoms with Crippen molar-refractivity contribution < 1.29 is 18.4 Å². The summed E-state index contributed by atoms with van der Waals surface area (Å²) in [6.07, 6.45) is 3.12. The van der Waals surface area contributed by atoms with Gasteiger partial charge < -0.3 is 15.9 Å². The van der Waals surface area contributed by atoms with Gasteiger partial charge in [0, 0.05) is 25.0 Å². The Morgan fingerprint density at radius 2 is 2.23 bits per heavy atom. The fourth-order valence-electron chi connectivity index (χ4n) is 1.54. The second-order valence-electron chi connectivity index (χ2n) is 4.33. The van der Waals surface area contributed by atoms with E-state index in [4.69, 9.17) is 10.6 Å². The number of benzene rings is 1. The molecule has 2 aromatic rings. The van der Waals surface area contributed by atoms with Gasteiger partial charge in [0.25, 0.3) is 5.91 Å². The van der Waals surface area contributed by atoms with Gasteiger partial charge in [0.2, 0.25) is 0 Å². The van der Waals surface area contributed by atoms with E-state index in [1.807, 2.05) is 0 Å². The molecule has 0 bridgehead atoms. The highest BCUT2D eigenvalue weighted by Crippen LogP contribution is 2.12. The molecule has 22 heavy (non-hydrogen) atoms. The van der Waals surface area contributed by atoms with E-state index in [0.29, 0.717) is 5.56 Å². The number of carbonyl (C=O) groups excluding carboxylic acids is 1. The van der Waals surface area contributed by atoms with Crippen molar-refractivity contribution in [2.75, 3.05) is 11.9 Å². The number of oxime groups is 1. The lowest BCUT2D eigenvalue weighted by Gasteiger charge is -2.05. The zero-order valence-corrected chi connectivity index (χ0v) is 11.6. The maximum atomic E-state index is 13.0. The number of halogens is 2. The largest absolute Gasteiger partial charge is 0.384 e. The number of hydrogen-bond acceptors (Lipinski definition) is 4. The van der Waals surface area contributed by atoms with E-state index in [-0.39, 0.29) is 11.5 Å². The van der Waals surface area contributed by atoms with E-state index in [2.05, 4.69) is 15.6 Å². The lowest BCUT2D eigenvalue weighted by molar-refractivity contribution is -0.120. The van der Waals surface area contributed by atoms with Crippen LogP contribution >= 0.6 is 0 Å². The highest BCUT2D eigenvalue weighted by molar-refractivity contribution is 5.96. The molecule has 116 valence electrons. The van der Waals surface area contributed by atoms with Crippen molar-refractivity contribution >= 4 is 17.4 Å². The fraction of sp³-hybridized carbons (Fsp3) is 0.154. The van der Waals surface area contributed by atoms with E-state index in [1.165, 1.54) is 16.9 Å². The summed E-state index contributed by atoms with van der Waals surface area (Å²) in [5.41, 5.74) is 6.29. The molecular weight excluding hydrogens is 296 g/mol. The number of nitrogens with one attached hydrogen (secondary N) is 1. The van der Waals surface area contributed by atoms with Crippen LogP contribution in [0, 0.1) is 11.6 Å². The molecule has 1 heterocycles. The number of aryl methyl sites for hydroxylation is 1. The molecule has 7 nitrogen and oxygen atoms in total. The van der Waals surface area contributed by atoms with Gasteiger partial charge in [0.1, 0.15) is 0 Å². The lowest BCUT2D eigenvalue weighted by Crippen LogP contribution is -2.19. The molecule has 1 aromatic heterocycles. The van der Waals surface area contributed by atoms with Crippen LogP contribution in [-0.4, -0.2) is 28.1 Å². The zero-order chi connectivity index (χ0) is 16.1. The van der Waals surface area contributed by atoms with Crippen LogP contribution in [-0.2, 0) is 16.7 Å². The number of nitrogens with two attached hydrogens (primary N) is 1. The van der Waals surface area contributed by atoms with E-state index < -0.39 is 24.1 Å². The Kier molecular flexibility index (Phi) is 4.66. The molecule has 0 spiro atoms. The minimum Gasteiger partial charge on any atom is -0.384 e. The number of amides is 1. The average Bonchev–Trinajstić information content (AvgIpc) is 2.89. The van der Waals surface area contributed by atoms with Crippen molar-refractivity contribution in [2.45, 2.75) is 0 Å². The first-order valence-corrected chi connectivity index (χ1v) is 6.15. The minimum atomic E-state index is -1.06. The Bertz CT molecular complexity index is 714. The summed E-state index contributed by atoms with van der Waals surface area (Å²) < 4.78 is 27.2. The van der Waals surface area contributed by atoms with Gasteiger partial charge in [-0.05, 0) is 12.1 Å². The number of amidine groups is 1. The highest BCUT2D eigenvalue weighted by atomic mass is 19.2. The maximum absolute atomic E-state index is 13.0. The van der Waals surface area contributed by atoms with Crippen LogP contribution in [0.4, 0.5) is 14.5 Å². The summed E-state index contributed by atoms with van der Waals surface area (Å²) in [7, 11) is 1.72. The van der Waals surface area contributed by atoms with E-state index in [1.54, 1.807) is 13.2 Å². The third kappa shape index (κ3) is 4.01. The molecule has 1 aromatic carbocycles. The van der Waals surface area contributed by atoms with Crippen molar-refractivity contribution in [3.8, 4) is 0 Å². The van der Waals surface area contributed by atoms with E-state index in [0.717, 1.165) is 12.1 Å². The number of anilines is 1. The topological polar surface area (TPSA) is 94.5 Å². The van der Waals surface area contributed by atoms with Crippen molar-refractivity contribution in [2.24, 2.45) is 17.9 Å². The monoisotopic (exact) mass is 309 g/mol. The molecule has 0 saturated carbocycles. The first kappa shape index (κ1) is 15.4. The van der Waals surface area contributed by atoms with Crippen molar-refractivity contribution in [1.29, 1.82) is 0 Å². The average molecular weight is 309 g/mol. The molecule has 0 aliphatic carbocycles. The first-order chi connectivity index (χ1) is 10.5. The van der Waals surface area contributed by atoms with Crippen molar-refractivity contribution in [3.63, 3.8) is 0 Å². The quantitative estimate of drug-likeness (QED) is 0.489. The Morgan fingerprint density at radius 1 is 1.45 bits per heavy atom. The smallest absolute Gasteiger partial charge is 0.265 e.